The van der Waals surface area contributed by atoms with E-state index in [2.05, 4.69) is 20.7 Å². The van der Waals surface area contributed by atoms with Gasteiger partial charge in [0.2, 0.25) is 0 Å². The molecule has 4 nitrogen and oxygen atoms in total. The standard InChI is InChI=1S/C17H16BrClF3NO3S/c1-16(2,3)11-7-10(18)8-14(15(11)24)27(25,26)23-13-5-4-9(6-12(13)19)17(20,21)22/h4-8,23-24H,1-3H3. The quantitative estimate of drug-likeness (QED) is 0.565. The third kappa shape index (κ3) is 4.89. The zero-order chi connectivity index (χ0) is 20.8. The number of benzene rings is 2. The van der Waals surface area contributed by atoms with Crippen molar-refractivity contribution in [3.05, 3.63) is 51.0 Å². The molecule has 2 N–H and O–H groups in total. The van der Waals surface area contributed by atoms with Crippen LogP contribution in [0.3, 0.4) is 0 Å². The van der Waals surface area contributed by atoms with Gasteiger partial charge in [0.15, 0.2) is 0 Å². The molecule has 2 aromatic rings. The summed E-state index contributed by atoms with van der Waals surface area (Å²) in [5, 5.41) is 10.0. The van der Waals surface area contributed by atoms with Crippen molar-refractivity contribution in [2.24, 2.45) is 0 Å². The van der Waals surface area contributed by atoms with Crippen LogP contribution in [-0.4, -0.2) is 13.5 Å². The van der Waals surface area contributed by atoms with Gasteiger partial charge >= 0.3 is 6.18 Å². The van der Waals surface area contributed by atoms with Crippen molar-refractivity contribution in [3.8, 4) is 5.75 Å². The Morgan fingerprint density at radius 3 is 2.19 bits per heavy atom. The molecule has 0 aromatic heterocycles. The van der Waals surface area contributed by atoms with E-state index >= 15 is 0 Å². The third-order valence-corrected chi connectivity index (χ3v) is 5.83. The highest BCUT2D eigenvalue weighted by molar-refractivity contribution is 9.10. The molecule has 0 aliphatic heterocycles. The lowest BCUT2D eigenvalue weighted by molar-refractivity contribution is -0.137. The summed E-state index contributed by atoms with van der Waals surface area (Å²) in [6.45, 7) is 5.39. The Balaban J connectivity index is 2.51. The van der Waals surface area contributed by atoms with Crippen LogP contribution >= 0.6 is 27.5 Å². The van der Waals surface area contributed by atoms with Gasteiger partial charge in [-0.15, -0.1) is 0 Å². The minimum absolute atomic E-state index is 0.235. The molecule has 0 amide bonds. The molecule has 0 saturated carbocycles. The first-order chi connectivity index (χ1) is 12.1. The highest BCUT2D eigenvalue weighted by Gasteiger charge is 2.32. The number of aromatic hydroxyl groups is 1. The van der Waals surface area contributed by atoms with Crippen molar-refractivity contribution in [2.75, 3.05) is 4.72 Å². The normalized spacial score (nSPS) is 12.9. The predicted molar refractivity (Wildman–Crippen MR) is 102 cm³/mol. The van der Waals surface area contributed by atoms with E-state index < -0.39 is 42.8 Å². The van der Waals surface area contributed by atoms with Crippen LogP contribution in [-0.2, 0) is 21.6 Å². The number of sulfonamides is 1. The maximum atomic E-state index is 12.7. The fourth-order valence-electron chi connectivity index (χ4n) is 2.32. The molecule has 0 radical (unpaired) electrons. The number of rotatable bonds is 3. The number of phenols is 1. The van der Waals surface area contributed by atoms with Gasteiger partial charge in [-0.05, 0) is 35.7 Å². The molecule has 2 aromatic carbocycles. The first-order valence-electron chi connectivity index (χ1n) is 7.55. The van der Waals surface area contributed by atoms with E-state index in [9.17, 15) is 26.7 Å². The van der Waals surface area contributed by atoms with E-state index in [0.717, 1.165) is 6.07 Å². The van der Waals surface area contributed by atoms with E-state index in [-0.39, 0.29) is 5.69 Å². The lowest BCUT2D eigenvalue weighted by Crippen LogP contribution is -2.17. The SMILES string of the molecule is CC(C)(C)c1cc(Br)cc(S(=O)(=O)Nc2ccc(C(F)(F)F)cc2Cl)c1O. The Morgan fingerprint density at radius 1 is 1.11 bits per heavy atom. The fraction of sp³-hybridized carbons (Fsp3) is 0.294. The molecule has 10 heteroatoms. The summed E-state index contributed by atoms with van der Waals surface area (Å²) < 4.78 is 66.1. The van der Waals surface area contributed by atoms with E-state index in [0.29, 0.717) is 22.2 Å². The second-order valence-corrected chi connectivity index (χ2v) is 9.82. The van der Waals surface area contributed by atoms with Crippen LogP contribution in [0.5, 0.6) is 5.75 Å². The van der Waals surface area contributed by atoms with Crippen molar-refractivity contribution in [3.63, 3.8) is 0 Å². The number of anilines is 1. The van der Waals surface area contributed by atoms with Crippen molar-refractivity contribution in [1.29, 1.82) is 0 Å². The van der Waals surface area contributed by atoms with Crippen LogP contribution in [0.15, 0.2) is 39.7 Å². The van der Waals surface area contributed by atoms with Crippen LogP contribution < -0.4 is 4.72 Å². The molecular formula is C17H16BrClF3NO3S. The number of hydrogen-bond acceptors (Lipinski definition) is 3. The van der Waals surface area contributed by atoms with E-state index in [1.165, 1.54) is 6.07 Å². The second kappa shape index (κ2) is 7.18. The van der Waals surface area contributed by atoms with Crippen LogP contribution in [0, 0.1) is 0 Å². The van der Waals surface area contributed by atoms with Gasteiger partial charge in [-0.25, -0.2) is 8.42 Å². The Morgan fingerprint density at radius 2 is 1.70 bits per heavy atom. The van der Waals surface area contributed by atoms with Gasteiger partial charge in [0.25, 0.3) is 10.0 Å². The van der Waals surface area contributed by atoms with E-state index in [4.69, 9.17) is 11.6 Å². The van der Waals surface area contributed by atoms with Crippen LogP contribution in [0.4, 0.5) is 18.9 Å². The molecule has 0 aliphatic rings. The second-order valence-electron chi connectivity index (χ2n) is 6.85. The first-order valence-corrected chi connectivity index (χ1v) is 10.2. The van der Waals surface area contributed by atoms with Crippen molar-refractivity contribution >= 4 is 43.2 Å². The molecule has 0 spiro atoms. The number of hydrogen-bond donors (Lipinski definition) is 2. The Kier molecular flexibility index (Phi) is 5.81. The van der Waals surface area contributed by atoms with Crippen molar-refractivity contribution in [1.82, 2.24) is 0 Å². The summed E-state index contributed by atoms with van der Waals surface area (Å²) in [6, 6.07) is 5.05. The molecule has 148 valence electrons. The number of halogens is 5. The number of alkyl halides is 3. The molecule has 0 fully saturated rings. The first kappa shape index (κ1) is 21.8. The molecule has 0 unspecified atom stereocenters. The zero-order valence-corrected chi connectivity index (χ0v) is 17.6. The summed E-state index contributed by atoms with van der Waals surface area (Å²) in [5.41, 5.74) is -1.41. The van der Waals surface area contributed by atoms with E-state index in [1.54, 1.807) is 26.8 Å². The molecule has 2 rings (SSSR count). The molecule has 0 saturated heterocycles. The lowest BCUT2D eigenvalue weighted by Gasteiger charge is -2.22. The zero-order valence-electron chi connectivity index (χ0n) is 14.4. The average molecular weight is 487 g/mol. The predicted octanol–water partition coefficient (Wildman–Crippen LogP) is 5.93. The minimum Gasteiger partial charge on any atom is -0.506 e. The van der Waals surface area contributed by atoms with Gasteiger partial charge < -0.3 is 5.11 Å². The Labute approximate surface area is 168 Å². The smallest absolute Gasteiger partial charge is 0.416 e. The van der Waals surface area contributed by atoms with Gasteiger partial charge in [-0.1, -0.05) is 48.3 Å². The largest absolute Gasteiger partial charge is 0.506 e. The molecular weight excluding hydrogens is 471 g/mol. The number of phenolic OH excluding ortho intramolecular Hbond substituents is 1. The molecule has 0 aliphatic carbocycles. The third-order valence-electron chi connectivity index (χ3n) is 3.68. The molecule has 0 bridgehead atoms. The highest BCUT2D eigenvalue weighted by atomic mass is 79.9. The van der Waals surface area contributed by atoms with Crippen molar-refractivity contribution < 1.29 is 26.7 Å². The van der Waals surface area contributed by atoms with Crippen LogP contribution in [0.25, 0.3) is 0 Å². The maximum absolute atomic E-state index is 12.7. The molecule has 27 heavy (non-hydrogen) atoms. The summed E-state index contributed by atoms with van der Waals surface area (Å²) in [5.74, 6) is -0.443. The van der Waals surface area contributed by atoms with Crippen LogP contribution in [0.1, 0.15) is 31.9 Å². The van der Waals surface area contributed by atoms with E-state index in [1.807, 2.05) is 0 Å². The Hall–Kier alpha value is -1.45. The maximum Gasteiger partial charge on any atom is 0.416 e. The average Bonchev–Trinajstić information content (AvgIpc) is 2.48. The topological polar surface area (TPSA) is 66.4 Å². The van der Waals surface area contributed by atoms with Gasteiger partial charge in [-0.3, -0.25) is 4.72 Å². The van der Waals surface area contributed by atoms with Gasteiger partial charge in [0.05, 0.1) is 16.3 Å². The number of nitrogens with one attached hydrogen (secondary N) is 1. The lowest BCUT2D eigenvalue weighted by atomic mass is 9.86. The van der Waals surface area contributed by atoms with Crippen LogP contribution in [0.2, 0.25) is 5.02 Å². The molecule has 0 atom stereocenters. The molecule has 0 heterocycles. The van der Waals surface area contributed by atoms with Gasteiger partial charge in [-0.2, -0.15) is 13.2 Å². The highest BCUT2D eigenvalue weighted by Crippen LogP contribution is 2.39. The van der Waals surface area contributed by atoms with Crippen molar-refractivity contribution in [2.45, 2.75) is 37.3 Å². The summed E-state index contributed by atoms with van der Waals surface area (Å²) >= 11 is 9.01. The summed E-state index contributed by atoms with van der Waals surface area (Å²) in [6.07, 6.45) is -4.61. The fourth-order valence-corrected chi connectivity index (χ4v) is 4.44. The van der Waals surface area contributed by atoms with Gasteiger partial charge in [0, 0.05) is 10.0 Å². The summed E-state index contributed by atoms with van der Waals surface area (Å²) in [4.78, 5) is -0.419. The monoisotopic (exact) mass is 485 g/mol. The minimum atomic E-state index is -4.61. The Bertz CT molecular complexity index is 986. The summed E-state index contributed by atoms with van der Waals surface area (Å²) in [7, 11) is -4.32. The van der Waals surface area contributed by atoms with Gasteiger partial charge in [0.1, 0.15) is 10.6 Å².